The van der Waals surface area contributed by atoms with Crippen molar-refractivity contribution in [3.63, 3.8) is 0 Å². The number of hydrogen-bond donors (Lipinski definition) is 1. The van der Waals surface area contributed by atoms with Crippen LogP contribution in [0.4, 0.5) is 11.4 Å². The highest BCUT2D eigenvalue weighted by Gasteiger charge is 2.22. The molecular weight excluding hydrogens is 478 g/mol. The molecule has 0 atom stereocenters. The molecule has 1 fully saturated rings. The number of aromatic nitrogens is 3. The number of nitrogens with one attached hydrogen (secondary N) is 1. The third-order valence-electron chi connectivity index (χ3n) is 5.59. The summed E-state index contributed by atoms with van der Waals surface area (Å²) in [6.45, 7) is 2.20. The summed E-state index contributed by atoms with van der Waals surface area (Å²) in [6, 6.07) is 3.25. The first kappa shape index (κ1) is 24.4. The van der Waals surface area contributed by atoms with E-state index in [4.69, 9.17) is 18.9 Å². The lowest BCUT2D eigenvalue weighted by molar-refractivity contribution is 0.122. The largest absolute Gasteiger partial charge is 0.496 e. The second kappa shape index (κ2) is 9.88. The van der Waals surface area contributed by atoms with E-state index in [1.807, 2.05) is 4.90 Å². The molecule has 3 heterocycles. The first-order valence-corrected chi connectivity index (χ1v) is 12.2. The average Bonchev–Trinajstić information content (AvgIpc) is 3.11. The molecule has 1 aromatic carbocycles. The Labute approximate surface area is 202 Å². The fourth-order valence-electron chi connectivity index (χ4n) is 3.83. The van der Waals surface area contributed by atoms with Gasteiger partial charge in [0.15, 0.2) is 5.65 Å². The number of benzene rings is 1. The number of ether oxygens (including phenoxy) is 4. The predicted molar refractivity (Wildman–Crippen MR) is 131 cm³/mol. The van der Waals surface area contributed by atoms with Crippen LogP contribution in [0.15, 0.2) is 34.7 Å². The van der Waals surface area contributed by atoms with Gasteiger partial charge in [0.1, 0.15) is 22.9 Å². The lowest BCUT2D eigenvalue weighted by Crippen LogP contribution is -2.39. The summed E-state index contributed by atoms with van der Waals surface area (Å²) >= 11 is 0. The van der Waals surface area contributed by atoms with Crippen LogP contribution < -0.4 is 29.4 Å². The van der Waals surface area contributed by atoms with E-state index in [-0.39, 0.29) is 11.2 Å². The van der Waals surface area contributed by atoms with Gasteiger partial charge >= 0.3 is 0 Å². The maximum atomic E-state index is 12.8. The second-order valence-corrected chi connectivity index (χ2v) is 9.25. The molecule has 12 nitrogen and oxygen atoms in total. The second-order valence-electron chi connectivity index (χ2n) is 7.68. The zero-order valence-electron chi connectivity index (χ0n) is 19.8. The zero-order chi connectivity index (χ0) is 25.2. The van der Waals surface area contributed by atoms with E-state index in [1.54, 1.807) is 19.2 Å². The van der Waals surface area contributed by atoms with Gasteiger partial charge in [0.05, 0.1) is 63.6 Å². The molecule has 2 aromatic heterocycles. The van der Waals surface area contributed by atoms with Crippen LogP contribution in [0.5, 0.6) is 17.2 Å². The van der Waals surface area contributed by atoms with E-state index < -0.39 is 10.0 Å². The Balaban J connectivity index is 1.63. The van der Waals surface area contributed by atoms with Crippen molar-refractivity contribution in [2.45, 2.75) is 0 Å². The molecule has 0 unspecified atom stereocenters. The number of morpholine rings is 1. The zero-order valence-corrected chi connectivity index (χ0v) is 20.7. The summed E-state index contributed by atoms with van der Waals surface area (Å²) in [4.78, 5) is 19.1. The molecule has 1 saturated heterocycles. The van der Waals surface area contributed by atoms with Crippen LogP contribution in [0.1, 0.15) is 5.56 Å². The Hall–Kier alpha value is -3.71. The Bertz CT molecular complexity index is 1400. The number of nitrogens with zero attached hydrogens (tertiary/aromatic N) is 4. The minimum Gasteiger partial charge on any atom is -0.496 e. The molecule has 188 valence electrons. The highest BCUT2D eigenvalue weighted by atomic mass is 32.2. The Morgan fingerprint density at radius 3 is 2.34 bits per heavy atom. The molecule has 13 heteroatoms. The first-order valence-electron chi connectivity index (χ1n) is 10.7. The number of methoxy groups -OCH3 is 3. The molecule has 0 bridgehead atoms. The highest BCUT2D eigenvalue weighted by Crippen LogP contribution is 2.35. The number of aryl methyl sites for hydroxylation is 1. The summed E-state index contributed by atoms with van der Waals surface area (Å²) in [5.41, 5.74) is 1.29. The first-order chi connectivity index (χ1) is 16.8. The van der Waals surface area contributed by atoms with Crippen LogP contribution in [0.2, 0.25) is 0 Å². The van der Waals surface area contributed by atoms with Gasteiger partial charge in [0.2, 0.25) is 0 Å². The summed E-state index contributed by atoms with van der Waals surface area (Å²) in [6.07, 6.45) is 4.25. The summed E-state index contributed by atoms with van der Waals surface area (Å²) in [5.74, 6) is 1.27. The lowest BCUT2D eigenvalue weighted by atomic mass is 10.1. The molecular formula is C22H27N5O7S. The van der Waals surface area contributed by atoms with Crippen LogP contribution in [-0.2, 0) is 21.8 Å². The third kappa shape index (κ3) is 4.91. The molecule has 0 amide bonds. The number of anilines is 2. The minimum atomic E-state index is -3.94. The van der Waals surface area contributed by atoms with Gasteiger partial charge in [-0.15, -0.1) is 0 Å². The molecule has 1 N–H and O–H groups in total. The summed E-state index contributed by atoms with van der Waals surface area (Å²) < 4.78 is 52.3. The van der Waals surface area contributed by atoms with Crippen molar-refractivity contribution in [1.29, 1.82) is 0 Å². The van der Waals surface area contributed by atoms with Crippen molar-refractivity contribution in [2.24, 2.45) is 7.05 Å². The van der Waals surface area contributed by atoms with Gasteiger partial charge in [-0.1, -0.05) is 0 Å². The molecule has 1 aliphatic rings. The van der Waals surface area contributed by atoms with Gasteiger partial charge < -0.3 is 23.8 Å². The van der Waals surface area contributed by atoms with Crippen molar-refractivity contribution in [3.8, 4) is 17.2 Å². The maximum Gasteiger partial charge on any atom is 0.292 e. The van der Waals surface area contributed by atoms with E-state index in [1.165, 1.54) is 49.0 Å². The SMILES string of the molecule is COc1cc(OC)c(C=CS(=O)(=O)Nc2cnc3c(N4CCOCC4)c(=O)n(C)n3c2)c(OC)c1. The van der Waals surface area contributed by atoms with Gasteiger partial charge in [0, 0.05) is 32.3 Å². The summed E-state index contributed by atoms with van der Waals surface area (Å²) in [7, 11) is 2.09. The van der Waals surface area contributed by atoms with Crippen molar-refractivity contribution in [3.05, 3.63) is 45.9 Å². The monoisotopic (exact) mass is 505 g/mol. The van der Waals surface area contributed by atoms with E-state index in [0.29, 0.717) is 60.4 Å². The number of rotatable bonds is 8. The number of hydrogen-bond acceptors (Lipinski definition) is 9. The van der Waals surface area contributed by atoms with Crippen LogP contribution >= 0.6 is 0 Å². The van der Waals surface area contributed by atoms with Gasteiger partial charge in [-0.25, -0.2) is 22.6 Å². The van der Waals surface area contributed by atoms with Gasteiger partial charge in [0.25, 0.3) is 15.6 Å². The lowest BCUT2D eigenvalue weighted by Gasteiger charge is -2.26. The molecule has 3 aromatic rings. The fourth-order valence-corrected chi connectivity index (χ4v) is 4.65. The Kier molecular flexibility index (Phi) is 6.89. The Morgan fingerprint density at radius 2 is 1.74 bits per heavy atom. The van der Waals surface area contributed by atoms with Crippen LogP contribution in [0.25, 0.3) is 11.7 Å². The van der Waals surface area contributed by atoms with Crippen LogP contribution in [0, 0.1) is 0 Å². The van der Waals surface area contributed by atoms with Crippen molar-refractivity contribution in [1.82, 2.24) is 14.2 Å². The van der Waals surface area contributed by atoms with Gasteiger partial charge in [-0.2, -0.15) is 0 Å². The van der Waals surface area contributed by atoms with Crippen molar-refractivity contribution >= 4 is 33.1 Å². The quantitative estimate of drug-likeness (QED) is 0.482. The average molecular weight is 506 g/mol. The smallest absolute Gasteiger partial charge is 0.292 e. The number of fused-ring (bicyclic) bond motifs is 1. The van der Waals surface area contributed by atoms with Crippen LogP contribution in [-0.4, -0.2) is 70.2 Å². The highest BCUT2D eigenvalue weighted by molar-refractivity contribution is 7.95. The normalized spacial score (nSPS) is 14.5. The molecule has 0 aliphatic carbocycles. The topological polar surface area (TPSA) is 126 Å². The minimum absolute atomic E-state index is 0.190. The molecule has 0 saturated carbocycles. The third-order valence-corrected chi connectivity index (χ3v) is 6.60. The Morgan fingerprint density at radius 1 is 1.09 bits per heavy atom. The van der Waals surface area contributed by atoms with Crippen molar-refractivity contribution in [2.75, 3.05) is 57.3 Å². The van der Waals surface area contributed by atoms with Crippen LogP contribution in [0.3, 0.4) is 0 Å². The standard InChI is InChI=1S/C22H27N5O7S/c1-25-22(28)20(26-6-8-34-9-7-26)21-23-13-15(14-27(21)25)24-35(29,30)10-5-17-18(32-3)11-16(31-2)12-19(17)33-4/h5,10-14,24H,6-9H2,1-4H3. The van der Waals surface area contributed by atoms with E-state index in [2.05, 4.69) is 9.71 Å². The molecule has 4 rings (SSSR count). The van der Waals surface area contributed by atoms with E-state index >= 15 is 0 Å². The van der Waals surface area contributed by atoms with Gasteiger partial charge in [-0.3, -0.25) is 9.52 Å². The van der Waals surface area contributed by atoms with Gasteiger partial charge in [-0.05, 0) is 6.08 Å². The maximum absolute atomic E-state index is 12.8. The molecule has 0 spiro atoms. The molecule has 0 radical (unpaired) electrons. The van der Waals surface area contributed by atoms with E-state index in [0.717, 1.165) is 5.41 Å². The fraction of sp³-hybridized carbons (Fsp3) is 0.364. The molecule has 1 aliphatic heterocycles. The van der Waals surface area contributed by atoms with E-state index in [9.17, 15) is 13.2 Å². The molecule has 35 heavy (non-hydrogen) atoms. The predicted octanol–water partition coefficient (Wildman–Crippen LogP) is 1.31. The summed E-state index contributed by atoms with van der Waals surface area (Å²) in [5, 5.41) is 0.998. The van der Waals surface area contributed by atoms with Crippen molar-refractivity contribution < 1.29 is 27.4 Å². The number of sulfonamides is 1.